The molecule has 118 valence electrons. The minimum atomic E-state index is -0.0237. The monoisotopic (exact) mass is 324 g/mol. The largest absolute Gasteiger partial charge is 0.302 e. The second kappa shape index (κ2) is 6.13. The summed E-state index contributed by atoms with van der Waals surface area (Å²) in [7, 11) is 0. The molecule has 1 aromatic heterocycles. The summed E-state index contributed by atoms with van der Waals surface area (Å²) in [6.07, 6.45) is 0.375. The van der Waals surface area contributed by atoms with Crippen LogP contribution in [0.25, 0.3) is 10.2 Å². The average Bonchev–Trinajstić information content (AvgIpc) is 2.83. The van der Waals surface area contributed by atoms with Crippen LogP contribution >= 0.6 is 11.3 Å². The Hall–Kier alpha value is -2.20. The van der Waals surface area contributed by atoms with Crippen molar-refractivity contribution in [2.24, 2.45) is 0 Å². The summed E-state index contributed by atoms with van der Waals surface area (Å²) in [6.45, 7) is 8.26. The number of thiazole rings is 1. The van der Waals surface area contributed by atoms with Gasteiger partial charge in [0.1, 0.15) is 0 Å². The van der Waals surface area contributed by atoms with Crippen LogP contribution in [0.5, 0.6) is 0 Å². The molecule has 1 N–H and O–H groups in total. The molecule has 0 bridgehead atoms. The lowest BCUT2D eigenvalue weighted by atomic mass is 10.0. The van der Waals surface area contributed by atoms with Gasteiger partial charge in [0.05, 0.1) is 16.6 Å². The molecule has 0 aliphatic carbocycles. The number of anilines is 1. The van der Waals surface area contributed by atoms with E-state index in [0.717, 1.165) is 21.3 Å². The lowest BCUT2D eigenvalue weighted by Crippen LogP contribution is -2.14. The maximum atomic E-state index is 12.3. The van der Waals surface area contributed by atoms with Crippen molar-refractivity contribution in [3.05, 3.63) is 58.1 Å². The summed E-state index contributed by atoms with van der Waals surface area (Å²) >= 11 is 1.52. The van der Waals surface area contributed by atoms with Crippen LogP contribution < -0.4 is 5.32 Å². The number of amides is 1. The first-order valence-electron chi connectivity index (χ1n) is 7.66. The van der Waals surface area contributed by atoms with Crippen LogP contribution in [0.3, 0.4) is 0 Å². The molecule has 3 nitrogen and oxygen atoms in total. The third-order valence-electron chi connectivity index (χ3n) is 4.10. The van der Waals surface area contributed by atoms with Gasteiger partial charge < -0.3 is 5.32 Å². The molecule has 4 heteroatoms. The Morgan fingerprint density at radius 1 is 1.04 bits per heavy atom. The first kappa shape index (κ1) is 15.7. The third kappa shape index (κ3) is 3.42. The zero-order valence-electron chi connectivity index (χ0n) is 13.9. The smallest absolute Gasteiger partial charge is 0.230 e. The molecule has 0 aliphatic rings. The Kier molecular flexibility index (Phi) is 4.18. The van der Waals surface area contributed by atoms with E-state index >= 15 is 0 Å². The average molecular weight is 324 g/mol. The lowest BCUT2D eigenvalue weighted by Gasteiger charge is -2.06. The number of hydrogen-bond acceptors (Lipinski definition) is 3. The Balaban J connectivity index is 1.77. The van der Waals surface area contributed by atoms with Crippen molar-refractivity contribution in [2.45, 2.75) is 34.1 Å². The van der Waals surface area contributed by atoms with Gasteiger partial charge in [0.25, 0.3) is 0 Å². The molecule has 0 unspecified atom stereocenters. The molecule has 0 fully saturated rings. The van der Waals surface area contributed by atoms with E-state index in [4.69, 9.17) is 0 Å². The summed E-state index contributed by atoms with van der Waals surface area (Å²) in [5.41, 5.74) is 6.82. The molecular weight excluding hydrogens is 304 g/mol. The SMILES string of the molecule is Cc1ccc(CC(=O)Nc2nc3cc(C)c(C)cc3s2)c(C)c1. The molecule has 0 saturated carbocycles. The number of benzene rings is 2. The van der Waals surface area contributed by atoms with Gasteiger partial charge in [-0.25, -0.2) is 4.98 Å². The van der Waals surface area contributed by atoms with Crippen LogP contribution in [-0.4, -0.2) is 10.9 Å². The molecule has 0 saturated heterocycles. The summed E-state index contributed by atoms with van der Waals surface area (Å²) in [5, 5.41) is 3.60. The van der Waals surface area contributed by atoms with E-state index in [1.807, 2.05) is 19.1 Å². The maximum Gasteiger partial charge on any atom is 0.230 e. The summed E-state index contributed by atoms with van der Waals surface area (Å²) in [6, 6.07) is 10.4. The number of carbonyl (C=O) groups is 1. The molecule has 23 heavy (non-hydrogen) atoms. The first-order chi connectivity index (χ1) is 10.9. The number of fused-ring (bicyclic) bond motifs is 1. The summed E-state index contributed by atoms with van der Waals surface area (Å²) in [4.78, 5) is 16.8. The highest BCUT2D eigenvalue weighted by Gasteiger charge is 2.11. The van der Waals surface area contributed by atoms with Crippen molar-refractivity contribution < 1.29 is 4.79 Å². The zero-order valence-corrected chi connectivity index (χ0v) is 14.7. The number of aryl methyl sites for hydroxylation is 4. The molecule has 0 atom stereocenters. The molecule has 2 aromatic carbocycles. The molecule has 0 radical (unpaired) electrons. The van der Waals surface area contributed by atoms with Crippen LogP contribution in [0.2, 0.25) is 0 Å². The number of nitrogens with zero attached hydrogens (tertiary/aromatic N) is 1. The number of hydrogen-bond donors (Lipinski definition) is 1. The van der Waals surface area contributed by atoms with Crippen LogP contribution in [0, 0.1) is 27.7 Å². The van der Waals surface area contributed by atoms with E-state index in [-0.39, 0.29) is 5.91 Å². The predicted molar refractivity (Wildman–Crippen MR) is 97.3 cm³/mol. The Morgan fingerprint density at radius 2 is 1.78 bits per heavy atom. The molecule has 0 aliphatic heterocycles. The normalized spacial score (nSPS) is 11.0. The van der Waals surface area contributed by atoms with Gasteiger partial charge in [0.15, 0.2) is 5.13 Å². The van der Waals surface area contributed by atoms with E-state index in [0.29, 0.717) is 11.6 Å². The molecule has 1 amide bonds. The van der Waals surface area contributed by atoms with Gasteiger partial charge >= 0.3 is 0 Å². The summed E-state index contributed by atoms with van der Waals surface area (Å²) in [5.74, 6) is -0.0237. The van der Waals surface area contributed by atoms with Crippen LogP contribution in [0.4, 0.5) is 5.13 Å². The van der Waals surface area contributed by atoms with E-state index in [1.165, 1.54) is 28.0 Å². The highest BCUT2D eigenvalue weighted by atomic mass is 32.1. The second-order valence-corrected chi connectivity index (χ2v) is 7.11. The standard InChI is InChI=1S/C19H20N2OS/c1-11-5-6-15(14(4)7-11)10-18(22)21-19-20-16-8-12(2)13(3)9-17(16)23-19/h5-9H,10H2,1-4H3,(H,20,21,22). The summed E-state index contributed by atoms with van der Waals surface area (Å²) < 4.78 is 1.11. The number of nitrogens with one attached hydrogen (secondary N) is 1. The van der Waals surface area contributed by atoms with Crippen molar-refractivity contribution in [3.63, 3.8) is 0 Å². The Bertz CT molecular complexity index is 857. The van der Waals surface area contributed by atoms with E-state index < -0.39 is 0 Å². The second-order valence-electron chi connectivity index (χ2n) is 6.08. The van der Waals surface area contributed by atoms with Gasteiger partial charge in [-0.2, -0.15) is 0 Å². The minimum absolute atomic E-state index is 0.0237. The van der Waals surface area contributed by atoms with E-state index in [2.05, 4.69) is 49.3 Å². The van der Waals surface area contributed by atoms with Crippen molar-refractivity contribution in [2.75, 3.05) is 5.32 Å². The van der Waals surface area contributed by atoms with Crippen molar-refractivity contribution in [3.8, 4) is 0 Å². The van der Waals surface area contributed by atoms with Crippen molar-refractivity contribution >= 4 is 32.6 Å². The van der Waals surface area contributed by atoms with Gasteiger partial charge in [-0.1, -0.05) is 35.1 Å². The lowest BCUT2D eigenvalue weighted by molar-refractivity contribution is -0.115. The predicted octanol–water partition coefficient (Wildman–Crippen LogP) is 4.71. The maximum absolute atomic E-state index is 12.3. The van der Waals surface area contributed by atoms with Gasteiger partial charge in [-0.15, -0.1) is 0 Å². The van der Waals surface area contributed by atoms with Crippen molar-refractivity contribution in [1.29, 1.82) is 0 Å². The highest BCUT2D eigenvalue weighted by molar-refractivity contribution is 7.22. The molecule has 3 rings (SSSR count). The van der Waals surface area contributed by atoms with Gasteiger partial charge in [-0.05, 0) is 62.1 Å². The van der Waals surface area contributed by atoms with E-state index in [9.17, 15) is 4.79 Å². The Morgan fingerprint density at radius 3 is 2.52 bits per heavy atom. The molecule has 3 aromatic rings. The van der Waals surface area contributed by atoms with E-state index in [1.54, 1.807) is 0 Å². The number of aromatic nitrogens is 1. The van der Waals surface area contributed by atoms with Crippen molar-refractivity contribution in [1.82, 2.24) is 4.98 Å². The fourth-order valence-corrected chi connectivity index (χ4v) is 3.58. The molecular formula is C19H20N2OS. The quantitative estimate of drug-likeness (QED) is 0.758. The highest BCUT2D eigenvalue weighted by Crippen LogP contribution is 2.28. The van der Waals surface area contributed by atoms with Crippen LogP contribution in [-0.2, 0) is 11.2 Å². The third-order valence-corrected chi connectivity index (χ3v) is 5.03. The van der Waals surface area contributed by atoms with Gasteiger partial charge in [0.2, 0.25) is 5.91 Å². The fraction of sp³-hybridized carbons (Fsp3) is 0.263. The van der Waals surface area contributed by atoms with Crippen LogP contribution in [0.1, 0.15) is 27.8 Å². The number of rotatable bonds is 3. The Labute approximate surface area is 140 Å². The van der Waals surface area contributed by atoms with Gasteiger partial charge in [0, 0.05) is 0 Å². The molecule has 0 spiro atoms. The number of carbonyl (C=O) groups excluding carboxylic acids is 1. The minimum Gasteiger partial charge on any atom is -0.302 e. The zero-order chi connectivity index (χ0) is 16.6. The first-order valence-corrected chi connectivity index (χ1v) is 8.48. The topological polar surface area (TPSA) is 42.0 Å². The fourth-order valence-electron chi connectivity index (χ4n) is 2.61. The van der Waals surface area contributed by atoms with Crippen LogP contribution in [0.15, 0.2) is 30.3 Å². The molecule has 1 heterocycles. The van der Waals surface area contributed by atoms with Gasteiger partial charge in [-0.3, -0.25) is 4.79 Å².